The number of benzene rings is 4. The number of aromatic amines is 2. The summed E-state index contributed by atoms with van der Waals surface area (Å²) in [4.78, 5) is 117. The third-order valence-corrected chi connectivity index (χ3v) is 11.8. The van der Waals surface area contributed by atoms with E-state index in [1.807, 2.05) is 0 Å². The molecule has 9 rings (SSSR count). The Kier molecular flexibility index (Phi) is 12.8. The Morgan fingerprint density at radius 1 is 0.301 bits per heavy atom. The van der Waals surface area contributed by atoms with Gasteiger partial charge in [-0.2, -0.15) is 0 Å². The summed E-state index contributed by atoms with van der Waals surface area (Å²) in [5.74, 6) is -11.9. The molecule has 0 atom stereocenters. The molecule has 8 bridgehead atoms. The minimum Gasteiger partial charge on any atom is -0.478 e. The number of aromatic carboxylic acids is 8. The van der Waals surface area contributed by atoms with Gasteiger partial charge in [-0.3, -0.25) is 0 Å². The molecule has 0 saturated carbocycles. The second-order valence-corrected chi connectivity index (χ2v) is 16.0. The fraction of sp³-hybridized carbons (Fsp3) is 0. The second kappa shape index (κ2) is 18.9. The Balaban J connectivity index is 0.00000711. The number of H-pyrrole nitrogens is 2. The molecule has 365 valence electrons. The van der Waals surface area contributed by atoms with Gasteiger partial charge in [0.15, 0.2) is 0 Å². The third-order valence-electron chi connectivity index (χ3n) is 11.8. The number of nitrogens with one attached hydrogen (secondary N) is 2. The summed E-state index contributed by atoms with van der Waals surface area (Å²) in [5, 5.41) is 81.5. The molecule has 0 saturated heterocycles. The van der Waals surface area contributed by atoms with Crippen LogP contribution in [0.5, 0.6) is 0 Å². The molecule has 0 fully saturated rings. The van der Waals surface area contributed by atoms with Gasteiger partial charge in [-0.15, -0.1) is 0 Å². The summed E-state index contributed by atoms with van der Waals surface area (Å²) in [7, 11) is 0. The van der Waals surface area contributed by atoms with Crippen molar-refractivity contribution in [3.63, 3.8) is 0 Å². The topological polar surface area (TPSA) is 356 Å². The Morgan fingerprint density at radius 2 is 0.507 bits per heavy atom. The van der Waals surface area contributed by atoms with Crippen LogP contribution in [0.15, 0.2) is 97.1 Å². The number of fused-ring (bicyclic) bond motifs is 8. The molecular weight excluding hydrogens is 1000 g/mol. The maximum atomic E-state index is 13.0. The zero-order chi connectivity index (χ0) is 51.4. The second-order valence-electron chi connectivity index (χ2n) is 16.0. The molecule has 1 radical (unpaired) electrons. The SMILES string of the molecule is O=C(O)c1ccc(-c2c3nc(c(-c4ccc(C(=O)O)cc4C(=O)O)c4ccc([nH]4)c(-c4ccc(C(=O)O)cc4C(=O)O)c4nc(c(-c5ccc(C(=O)O)cc5C(=O)O)c5ccc2[nH]5)C=C4)C=C3)c(C(=O)O)c1.[Cu]. The predicted octanol–water partition coefficient (Wildman–Crippen LogP) is 8.91. The van der Waals surface area contributed by atoms with Crippen LogP contribution in [0.2, 0.25) is 0 Å². The zero-order valence-corrected chi connectivity index (χ0v) is 37.5. The summed E-state index contributed by atoms with van der Waals surface area (Å²) in [6.07, 6.45) is 5.83. The van der Waals surface area contributed by atoms with E-state index in [0.29, 0.717) is 0 Å². The van der Waals surface area contributed by atoms with Gasteiger partial charge < -0.3 is 50.8 Å². The fourth-order valence-electron chi connectivity index (χ4n) is 8.63. The number of rotatable bonds is 12. The molecule has 20 nitrogen and oxygen atoms in total. The molecule has 73 heavy (non-hydrogen) atoms. The minimum atomic E-state index is -1.54. The summed E-state index contributed by atoms with van der Waals surface area (Å²) in [5.41, 5.74) is -3.07. The van der Waals surface area contributed by atoms with Crippen molar-refractivity contribution in [2.24, 2.45) is 0 Å². The van der Waals surface area contributed by atoms with Gasteiger partial charge in [-0.1, -0.05) is 24.3 Å². The number of hydrogen-bond donors (Lipinski definition) is 10. The molecule has 10 N–H and O–H groups in total. The third kappa shape index (κ3) is 8.86. The molecule has 3 aromatic heterocycles. The molecule has 5 heterocycles. The van der Waals surface area contributed by atoms with Crippen molar-refractivity contribution in [1.29, 1.82) is 0 Å². The van der Waals surface area contributed by atoms with Crippen LogP contribution in [-0.4, -0.2) is 109 Å². The summed E-state index contributed by atoms with van der Waals surface area (Å²) < 4.78 is 0. The maximum Gasteiger partial charge on any atom is 0.336 e. The van der Waals surface area contributed by atoms with E-state index >= 15 is 0 Å². The smallest absolute Gasteiger partial charge is 0.336 e. The van der Waals surface area contributed by atoms with Crippen LogP contribution in [-0.2, 0) is 17.1 Å². The van der Waals surface area contributed by atoms with Gasteiger partial charge in [-0.05, 0) is 97.1 Å². The summed E-state index contributed by atoms with van der Waals surface area (Å²) in [6, 6.07) is 19.4. The van der Waals surface area contributed by atoms with Crippen molar-refractivity contribution in [2.75, 3.05) is 0 Å². The standard InChI is InChI=1S/C52H30N4O16.Cu/c57-45(58)21-1-5-25(29(17-21)49(65)66)41-33-9-11-35(53-33)42(26-6-2-22(46(59)60)18-30(26)50(67)68)37-13-15-39(55-37)44(28-8-4-24(48(63)64)20-32(28)52(71)72)40-16-14-38(56-40)43(36-12-10-34(41)54-36)27-7-3-23(47(61)62)19-31(27)51(69)70;/h1-20,53,56H,(H,57,58)(H,59,60)(H,61,62)(H,63,64)(H,65,66)(H,67,68)(H,69,70)(H,71,72);. The van der Waals surface area contributed by atoms with Crippen molar-refractivity contribution in [1.82, 2.24) is 19.9 Å². The molecule has 21 heteroatoms. The van der Waals surface area contributed by atoms with E-state index in [9.17, 15) is 79.2 Å². The quantitative estimate of drug-likeness (QED) is 0.0510. The van der Waals surface area contributed by atoms with E-state index in [1.165, 1.54) is 97.1 Å². The van der Waals surface area contributed by atoms with Crippen LogP contribution in [0.25, 0.3) is 90.9 Å². The van der Waals surface area contributed by atoms with E-state index < -0.39 is 70.0 Å². The zero-order valence-electron chi connectivity index (χ0n) is 36.6. The number of carboxylic acids is 8. The van der Waals surface area contributed by atoms with Gasteiger partial charge >= 0.3 is 47.8 Å². The van der Waals surface area contributed by atoms with Gasteiger partial charge in [-0.25, -0.2) is 48.3 Å². The van der Waals surface area contributed by atoms with Crippen LogP contribution < -0.4 is 0 Å². The van der Waals surface area contributed by atoms with E-state index in [2.05, 4.69) is 9.97 Å². The minimum absolute atomic E-state index is 0. The maximum absolute atomic E-state index is 13.0. The van der Waals surface area contributed by atoms with Gasteiger partial charge in [0.25, 0.3) is 0 Å². The van der Waals surface area contributed by atoms with Crippen LogP contribution in [0, 0.1) is 0 Å². The van der Waals surface area contributed by atoms with Crippen molar-refractivity contribution < 1.29 is 96.3 Å². The number of nitrogens with zero attached hydrogens (tertiary/aromatic N) is 2. The largest absolute Gasteiger partial charge is 0.478 e. The monoisotopic (exact) mass is 1030 g/mol. The van der Waals surface area contributed by atoms with Crippen LogP contribution in [0.4, 0.5) is 0 Å². The first-order valence-electron chi connectivity index (χ1n) is 20.9. The van der Waals surface area contributed by atoms with Gasteiger partial charge in [0, 0.05) is 83.6 Å². The number of aromatic nitrogens is 4. The Labute approximate surface area is 417 Å². The van der Waals surface area contributed by atoms with Gasteiger partial charge in [0.1, 0.15) is 0 Å². The summed E-state index contributed by atoms with van der Waals surface area (Å²) in [6.45, 7) is 0. The van der Waals surface area contributed by atoms with E-state index in [0.717, 1.165) is 24.3 Å². The van der Waals surface area contributed by atoms with Gasteiger partial charge in [0.2, 0.25) is 0 Å². The molecular formula is C52H30CuN4O16. The van der Waals surface area contributed by atoms with Crippen LogP contribution >= 0.6 is 0 Å². The first-order valence-corrected chi connectivity index (χ1v) is 20.9. The van der Waals surface area contributed by atoms with Crippen molar-refractivity contribution >= 4 is 94.1 Å². The molecule has 0 amide bonds. The number of carbonyl (C=O) groups is 8. The van der Waals surface area contributed by atoms with Crippen LogP contribution in [0.1, 0.15) is 106 Å². The average molecular weight is 1030 g/mol. The molecule has 4 aromatic carbocycles. The summed E-state index contributed by atoms with van der Waals surface area (Å²) >= 11 is 0. The average Bonchev–Trinajstić information content (AvgIpc) is 4.20. The first-order chi connectivity index (χ1) is 34.3. The Hall–Kier alpha value is -10.2. The molecule has 0 spiro atoms. The predicted molar refractivity (Wildman–Crippen MR) is 256 cm³/mol. The number of carboxylic acid groups (broad SMARTS) is 8. The molecule has 0 aliphatic carbocycles. The molecule has 7 aromatic rings. The van der Waals surface area contributed by atoms with Crippen molar-refractivity contribution in [3.05, 3.63) is 164 Å². The van der Waals surface area contributed by atoms with Crippen molar-refractivity contribution in [2.45, 2.75) is 0 Å². The molecule has 0 unspecified atom stereocenters. The number of hydrogen-bond acceptors (Lipinski definition) is 10. The first kappa shape index (κ1) is 49.2. The van der Waals surface area contributed by atoms with E-state index in [1.54, 1.807) is 0 Å². The normalized spacial score (nSPS) is 11.4. The van der Waals surface area contributed by atoms with E-state index in [4.69, 9.17) is 9.97 Å². The Bertz CT molecular complexity index is 3430. The fourth-order valence-corrected chi connectivity index (χ4v) is 8.63. The molecule has 2 aliphatic rings. The molecule has 2 aliphatic heterocycles. The van der Waals surface area contributed by atoms with Gasteiger partial charge in [0.05, 0.1) is 67.3 Å². The van der Waals surface area contributed by atoms with Crippen molar-refractivity contribution in [3.8, 4) is 44.5 Å². The van der Waals surface area contributed by atoms with E-state index in [-0.39, 0.29) is 129 Å². The van der Waals surface area contributed by atoms with Crippen LogP contribution in [0.3, 0.4) is 0 Å². The Morgan fingerprint density at radius 3 is 0.685 bits per heavy atom.